The van der Waals surface area contributed by atoms with Crippen LogP contribution in [0.25, 0.3) is 0 Å². The second-order valence-corrected chi connectivity index (χ2v) is 6.56. The smallest absolute Gasteiger partial charge is 0.329 e. The van der Waals surface area contributed by atoms with Crippen molar-refractivity contribution in [1.29, 1.82) is 0 Å². The Labute approximate surface area is 156 Å². The molecule has 8 heteroatoms. The molecule has 0 aromatic heterocycles. The summed E-state index contributed by atoms with van der Waals surface area (Å²) in [4.78, 5) is 35.8. The van der Waals surface area contributed by atoms with Crippen molar-refractivity contribution in [3.63, 3.8) is 0 Å². The van der Waals surface area contributed by atoms with E-state index in [-0.39, 0.29) is 16.9 Å². The number of aliphatic carboxylic acids is 1. The molecule has 0 radical (unpaired) electrons. The van der Waals surface area contributed by atoms with Crippen LogP contribution in [0.4, 0.5) is 11.4 Å². The molecule has 0 aliphatic rings. The first-order valence-electron chi connectivity index (χ1n) is 8.22. The Morgan fingerprint density at radius 2 is 1.81 bits per heavy atom. The molecule has 2 N–H and O–H groups in total. The van der Waals surface area contributed by atoms with Crippen LogP contribution < -0.4 is 5.32 Å². The van der Waals surface area contributed by atoms with Gasteiger partial charge in [-0.15, -0.1) is 0 Å². The van der Waals surface area contributed by atoms with Crippen molar-refractivity contribution in [2.24, 2.45) is 0 Å². The Morgan fingerprint density at radius 1 is 1.19 bits per heavy atom. The van der Waals surface area contributed by atoms with Gasteiger partial charge in [-0.2, -0.15) is 0 Å². The molecule has 0 fully saturated rings. The van der Waals surface area contributed by atoms with Gasteiger partial charge in [-0.25, -0.2) is 4.79 Å². The molecule has 0 unspecified atom stereocenters. The maximum absolute atomic E-state index is 12.6. The van der Waals surface area contributed by atoms with Crippen molar-refractivity contribution in [1.82, 2.24) is 4.90 Å². The lowest BCUT2D eigenvalue weighted by molar-refractivity contribution is -0.384. The zero-order valence-corrected chi connectivity index (χ0v) is 15.3. The molecule has 0 spiro atoms. The van der Waals surface area contributed by atoms with Crippen LogP contribution in [0.1, 0.15) is 29.8 Å². The number of hydrogen-bond donors (Lipinski definition) is 2. The van der Waals surface area contributed by atoms with E-state index in [0.717, 1.165) is 16.5 Å². The number of nitro groups is 1. The number of nitro benzene ring substituents is 1. The van der Waals surface area contributed by atoms with Gasteiger partial charge < -0.3 is 15.3 Å². The highest BCUT2D eigenvalue weighted by Crippen LogP contribution is 2.27. The maximum Gasteiger partial charge on any atom is 0.329 e. The van der Waals surface area contributed by atoms with Crippen LogP contribution in [-0.2, 0) is 11.3 Å². The van der Waals surface area contributed by atoms with E-state index in [1.165, 1.54) is 33.0 Å². The number of carbonyl (C=O) groups is 2. The fraction of sp³-hybridized carbons (Fsp3) is 0.263. The van der Waals surface area contributed by atoms with Gasteiger partial charge in [0.25, 0.3) is 11.6 Å². The number of likely N-dealkylation sites (N-methyl/N-ethyl adjacent to an activating group) is 1. The topological polar surface area (TPSA) is 113 Å². The number of hydrogen-bond acceptors (Lipinski definition) is 5. The Hall–Kier alpha value is -3.42. The van der Waals surface area contributed by atoms with Gasteiger partial charge >= 0.3 is 5.97 Å². The molecule has 2 aromatic rings. The van der Waals surface area contributed by atoms with Gasteiger partial charge in [0.15, 0.2) is 0 Å². The first-order valence-corrected chi connectivity index (χ1v) is 8.22. The van der Waals surface area contributed by atoms with Gasteiger partial charge in [0, 0.05) is 25.2 Å². The summed E-state index contributed by atoms with van der Waals surface area (Å²) in [7, 11) is 1.35. The summed E-state index contributed by atoms with van der Waals surface area (Å²) in [5.74, 6) is -1.78. The van der Waals surface area contributed by atoms with Crippen LogP contribution in [0.5, 0.6) is 0 Å². The van der Waals surface area contributed by atoms with Crippen LogP contribution in [0.15, 0.2) is 48.5 Å². The number of carbonyl (C=O) groups excluding carboxylic acids is 1. The maximum atomic E-state index is 12.6. The van der Waals surface area contributed by atoms with E-state index < -0.39 is 22.3 Å². The molecule has 0 aliphatic carbocycles. The molecule has 0 saturated heterocycles. The second kappa shape index (κ2) is 7.86. The number of nitrogens with zero attached hydrogens (tertiary/aromatic N) is 2. The van der Waals surface area contributed by atoms with E-state index in [1.807, 2.05) is 30.3 Å². The third kappa shape index (κ3) is 4.41. The average molecular weight is 371 g/mol. The Kier molecular flexibility index (Phi) is 5.79. The highest BCUT2D eigenvalue weighted by atomic mass is 16.6. The molecule has 0 atom stereocenters. The van der Waals surface area contributed by atoms with E-state index in [2.05, 4.69) is 5.32 Å². The highest BCUT2D eigenvalue weighted by Gasteiger charge is 2.36. The van der Waals surface area contributed by atoms with Crippen LogP contribution in [-0.4, -0.2) is 39.4 Å². The lowest BCUT2D eigenvalue weighted by Crippen LogP contribution is -2.50. The molecule has 0 saturated carbocycles. The van der Waals surface area contributed by atoms with Crippen LogP contribution in [0, 0.1) is 10.1 Å². The SMILES string of the molecule is CN(C(=O)c1ccc(NCc2ccccc2)c([N+](=O)[O-])c1)C(C)(C)C(=O)O. The van der Waals surface area contributed by atoms with Crippen molar-refractivity contribution in [2.75, 3.05) is 12.4 Å². The van der Waals surface area contributed by atoms with Crippen LogP contribution in [0.2, 0.25) is 0 Å². The fourth-order valence-corrected chi connectivity index (χ4v) is 2.35. The van der Waals surface area contributed by atoms with Crippen LogP contribution in [0.3, 0.4) is 0 Å². The summed E-state index contributed by atoms with van der Waals surface area (Å²) >= 11 is 0. The van der Waals surface area contributed by atoms with Crippen molar-refractivity contribution < 1.29 is 19.6 Å². The molecular formula is C19H21N3O5. The zero-order chi connectivity index (χ0) is 20.2. The van der Waals surface area contributed by atoms with Gasteiger partial charge in [-0.3, -0.25) is 14.9 Å². The van der Waals surface area contributed by atoms with E-state index in [1.54, 1.807) is 0 Å². The second-order valence-electron chi connectivity index (χ2n) is 6.56. The van der Waals surface area contributed by atoms with Gasteiger partial charge in [-0.05, 0) is 31.5 Å². The number of rotatable bonds is 7. The molecule has 2 rings (SSSR count). The molecule has 27 heavy (non-hydrogen) atoms. The normalized spacial score (nSPS) is 10.9. The standard InChI is InChI=1S/C19H21N3O5/c1-19(2,18(24)25)21(3)17(23)14-9-10-15(16(11-14)22(26)27)20-12-13-7-5-4-6-8-13/h4-11,20H,12H2,1-3H3,(H,24,25). The number of nitrogens with one attached hydrogen (secondary N) is 1. The van der Waals surface area contributed by atoms with Crippen molar-refractivity contribution >= 4 is 23.3 Å². The van der Waals surface area contributed by atoms with Gasteiger partial charge in [-0.1, -0.05) is 30.3 Å². The quantitative estimate of drug-likeness (QED) is 0.571. The van der Waals surface area contributed by atoms with E-state index in [4.69, 9.17) is 0 Å². The first-order chi connectivity index (χ1) is 12.6. The Morgan fingerprint density at radius 3 is 2.37 bits per heavy atom. The van der Waals surface area contributed by atoms with Crippen LogP contribution >= 0.6 is 0 Å². The molecule has 8 nitrogen and oxygen atoms in total. The minimum absolute atomic E-state index is 0.0452. The van der Waals surface area contributed by atoms with Gasteiger partial charge in [0.1, 0.15) is 11.2 Å². The summed E-state index contributed by atoms with van der Waals surface area (Å²) in [6, 6.07) is 13.4. The summed E-state index contributed by atoms with van der Waals surface area (Å²) in [6.07, 6.45) is 0. The number of carboxylic acid groups (broad SMARTS) is 1. The fourth-order valence-electron chi connectivity index (χ4n) is 2.35. The predicted octanol–water partition coefficient (Wildman–Crippen LogP) is 3.14. The zero-order valence-electron chi connectivity index (χ0n) is 15.3. The van der Waals surface area contributed by atoms with E-state index in [9.17, 15) is 24.8 Å². The van der Waals surface area contributed by atoms with Crippen molar-refractivity contribution in [2.45, 2.75) is 25.9 Å². The Balaban J connectivity index is 2.28. The molecule has 1 amide bonds. The van der Waals surface area contributed by atoms with Gasteiger partial charge in [0.05, 0.1) is 4.92 Å². The highest BCUT2D eigenvalue weighted by molar-refractivity contribution is 5.98. The number of amides is 1. The molecule has 0 heterocycles. The lowest BCUT2D eigenvalue weighted by Gasteiger charge is -2.31. The molecule has 0 bridgehead atoms. The lowest BCUT2D eigenvalue weighted by atomic mass is 10.0. The number of carboxylic acids is 1. The summed E-state index contributed by atoms with van der Waals surface area (Å²) in [6.45, 7) is 3.16. The summed E-state index contributed by atoms with van der Waals surface area (Å²) < 4.78 is 0. The van der Waals surface area contributed by atoms with E-state index in [0.29, 0.717) is 6.54 Å². The minimum Gasteiger partial charge on any atom is -0.480 e. The molecule has 2 aromatic carbocycles. The Bertz CT molecular complexity index is 865. The van der Waals surface area contributed by atoms with Crippen molar-refractivity contribution in [3.8, 4) is 0 Å². The molecule has 142 valence electrons. The third-order valence-corrected chi connectivity index (χ3v) is 4.43. The summed E-state index contributed by atoms with van der Waals surface area (Å²) in [5, 5.41) is 23.7. The predicted molar refractivity (Wildman–Crippen MR) is 101 cm³/mol. The number of anilines is 1. The minimum atomic E-state index is -1.45. The number of benzene rings is 2. The van der Waals surface area contributed by atoms with E-state index >= 15 is 0 Å². The van der Waals surface area contributed by atoms with Gasteiger partial charge in [0.2, 0.25) is 0 Å². The molecular weight excluding hydrogens is 350 g/mol. The monoisotopic (exact) mass is 371 g/mol. The largest absolute Gasteiger partial charge is 0.480 e. The summed E-state index contributed by atoms with van der Waals surface area (Å²) in [5.41, 5.74) is -0.423. The van der Waals surface area contributed by atoms with Crippen molar-refractivity contribution in [3.05, 3.63) is 69.8 Å². The first kappa shape index (κ1) is 19.9. The molecule has 0 aliphatic heterocycles. The third-order valence-electron chi connectivity index (χ3n) is 4.43. The average Bonchev–Trinajstić information content (AvgIpc) is 2.65.